The molecule has 4 nitrogen and oxygen atoms in total. The van der Waals surface area contributed by atoms with Gasteiger partial charge in [-0.1, -0.05) is 49.4 Å². The number of hydrogen-bond acceptors (Lipinski definition) is 4. The van der Waals surface area contributed by atoms with E-state index in [1.807, 2.05) is 18.2 Å². The normalized spacial score (nSPS) is 22.0. The number of para-hydroxylation sites is 1. The number of fused-ring (bicyclic) bond motifs is 3. The predicted molar refractivity (Wildman–Crippen MR) is 89.9 cm³/mol. The van der Waals surface area contributed by atoms with Crippen LogP contribution in [0.2, 0.25) is 0 Å². The molecule has 4 heteroatoms. The van der Waals surface area contributed by atoms with E-state index in [1.165, 1.54) is 5.56 Å². The summed E-state index contributed by atoms with van der Waals surface area (Å²) in [6.07, 6.45) is 1.72. The van der Waals surface area contributed by atoms with E-state index >= 15 is 0 Å². The van der Waals surface area contributed by atoms with Crippen LogP contribution >= 0.6 is 0 Å². The van der Waals surface area contributed by atoms with Crippen molar-refractivity contribution in [1.29, 1.82) is 0 Å². The Hall–Kier alpha value is -2.49. The first-order valence-corrected chi connectivity index (χ1v) is 8.06. The van der Waals surface area contributed by atoms with E-state index in [4.69, 9.17) is 14.6 Å². The van der Waals surface area contributed by atoms with E-state index in [9.17, 15) is 0 Å². The van der Waals surface area contributed by atoms with Crippen LogP contribution in [0.1, 0.15) is 36.9 Å². The van der Waals surface area contributed by atoms with Crippen molar-refractivity contribution < 1.29 is 9.47 Å². The number of benzene rings is 2. The molecule has 0 bridgehead atoms. The third-order valence-corrected chi connectivity index (χ3v) is 4.54. The van der Waals surface area contributed by atoms with E-state index < -0.39 is 0 Å². The molecule has 0 aliphatic carbocycles. The van der Waals surface area contributed by atoms with E-state index in [-0.39, 0.29) is 12.3 Å². The molecule has 2 aliphatic heterocycles. The van der Waals surface area contributed by atoms with Crippen molar-refractivity contribution in [2.24, 2.45) is 5.10 Å². The molecule has 0 radical (unpaired) electrons. The van der Waals surface area contributed by atoms with Gasteiger partial charge in [0.1, 0.15) is 0 Å². The highest BCUT2D eigenvalue weighted by atomic mass is 16.5. The maximum Gasteiger partial charge on any atom is 0.187 e. The monoisotopic (exact) mass is 308 g/mol. The zero-order valence-electron chi connectivity index (χ0n) is 13.4. The van der Waals surface area contributed by atoms with Crippen molar-refractivity contribution >= 4 is 5.71 Å². The van der Waals surface area contributed by atoms with Gasteiger partial charge < -0.3 is 9.47 Å². The second-order valence-electron chi connectivity index (χ2n) is 5.87. The van der Waals surface area contributed by atoms with Gasteiger partial charge in [0, 0.05) is 18.4 Å². The maximum atomic E-state index is 6.20. The molecule has 0 N–H and O–H groups in total. The minimum Gasteiger partial charge on any atom is -0.493 e. The van der Waals surface area contributed by atoms with Crippen LogP contribution in [0.25, 0.3) is 0 Å². The molecule has 4 rings (SSSR count). The smallest absolute Gasteiger partial charge is 0.187 e. The van der Waals surface area contributed by atoms with Crippen LogP contribution in [0.3, 0.4) is 0 Å². The third kappa shape index (κ3) is 2.25. The summed E-state index contributed by atoms with van der Waals surface area (Å²) in [4.78, 5) is 0. The van der Waals surface area contributed by atoms with E-state index in [1.54, 1.807) is 7.11 Å². The molecule has 0 spiro atoms. The first kappa shape index (κ1) is 14.1. The fraction of sp³-hybridized carbons (Fsp3) is 0.316. The van der Waals surface area contributed by atoms with Crippen LogP contribution in [0.4, 0.5) is 0 Å². The molecule has 0 amide bonds. The van der Waals surface area contributed by atoms with Crippen LogP contribution in [-0.4, -0.2) is 24.1 Å². The second kappa shape index (κ2) is 5.61. The van der Waals surface area contributed by atoms with Crippen molar-refractivity contribution in [3.63, 3.8) is 0 Å². The van der Waals surface area contributed by atoms with Crippen LogP contribution in [-0.2, 0) is 0 Å². The van der Waals surface area contributed by atoms with E-state index in [0.29, 0.717) is 0 Å². The van der Waals surface area contributed by atoms with Crippen molar-refractivity contribution in [2.75, 3.05) is 7.11 Å². The molecule has 0 saturated carbocycles. The first-order chi connectivity index (χ1) is 11.3. The Balaban J connectivity index is 1.76. The fourth-order valence-corrected chi connectivity index (χ4v) is 3.39. The van der Waals surface area contributed by atoms with E-state index in [0.717, 1.165) is 35.6 Å². The summed E-state index contributed by atoms with van der Waals surface area (Å²) in [7, 11) is 1.69. The number of methoxy groups -OCH3 is 1. The van der Waals surface area contributed by atoms with Gasteiger partial charge in [0.25, 0.3) is 0 Å². The number of hydrazone groups is 1. The highest BCUT2D eigenvalue weighted by Crippen LogP contribution is 2.47. The lowest BCUT2D eigenvalue weighted by atomic mass is 9.96. The van der Waals surface area contributed by atoms with Crippen molar-refractivity contribution in [3.05, 3.63) is 59.7 Å². The summed E-state index contributed by atoms with van der Waals surface area (Å²) >= 11 is 0. The second-order valence-corrected chi connectivity index (χ2v) is 5.87. The van der Waals surface area contributed by atoms with Crippen LogP contribution < -0.4 is 9.47 Å². The average Bonchev–Trinajstić information content (AvgIpc) is 3.07. The van der Waals surface area contributed by atoms with Crippen LogP contribution in [0.15, 0.2) is 53.6 Å². The Morgan fingerprint density at radius 2 is 2.00 bits per heavy atom. The van der Waals surface area contributed by atoms with Gasteiger partial charge >= 0.3 is 0 Å². The molecule has 2 aromatic carbocycles. The van der Waals surface area contributed by atoms with Gasteiger partial charge in [-0.25, -0.2) is 0 Å². The number of nitrogens with zero attached hydrogens (tertiary/aromatic N) is 2. The van der Waals surface area contributed by atoms with Gasteiger partial charge in [0.15, 0.2) is 17.7 Å². The topological polar surface area (TPSA) is 34.1 Å². The SMILES string of the molecule is CC[C@H]1Oc2c(OC)cccc2[C@@H]2CC(c3ccccc3)=NN12. The summed E-state index contributed by atoms with van der Waals surface area (Å²) < 4.78 is 11.7. The van der Waals surface area contributed by atoms with Gasteiger partial charge in [-0.3, -0.25) is 5.01 Å². The third-order valence-electron chi connectivity index (χ3n) is 4.54. The number of ether oxygens (including phenoxy) is 2. The summed E-state index contributed by atoms with van der Waals surface area (Å²) in [6.45, 7) is 2.12. The van der Waals surface area contributed by atoms with Gasteiger partial charge in [-0.05, 0) is 11.6 Å². The molecule has 2 atom stereocenters. The summed E-state index contributed by atoms with van der Waals surface area (Å²) in [6, 6.07) is 16.7. The summed E-state index contributed by atoms with van der Waals surface area (Å²) in [5, 5.41) is 6.99. The lowest BCUT2D eigenvalue weighted by molar-refractivity contribution is -0.0206. The number of hydrogen-bond donors (Lipinski definition) is 0. The lowest BCUT2D eigenvalue weighted by Crippen LogP contribution is -2.39. The number of rotatable bonds is 3. The van der Waals surface area contributed by atoms with Crippen molar-refractivity contribution in [2.45, 2.75) is 32.0 Å². The first-order valence-electron chi connectivity index (χ1n) is 8.06. The Morgan fingerprint density at radius 1 is 1.17 bits per heavy atom. The zero-order valence-corrected chi connectivity index (χ0v) is 13.4. The molecule has 2 aromatic rings. The van der Waals surface area contributed by atoms with Crippen LogP contribution in [0, 0.1) is 0 Å². The standard InChI is InChI=1S/C19H20N2O2/c1-3-18-21-16(12-15(20-21)13-8-5-4-6-9-13)14-10-7-11-17(22-2)19(14)23-18/h4-11,16,18H,3,12H2,1-2H3/t16-,18+/m0/s1. The summed E-state index contributed by atoms with van der Waals surface area (Å²) in [5.41, 5.74) is 3.46. The fourth-order valence-electron chi connectivity index (χ4n) is 3.39. The Kier molecular flexibility index (Phi) is 3.45. The van der Waals surface area contributed by atoms with Crippen molar-refractivity contribution in [1.82, 2.24) is 5.01 Å². The quantitative estimate of drug-likeness (QED) is 0.860. The molecular formula is C19H20N2O2. The Labute approximate surface area is 136 Å². The highest BCUT2D eigenvalue weighted by molar-refractivity contribution is 6.01. The molecule has 0 aromatic heterocycles. The molecule has 0 saturated heterocycles. The molecule has 0 fully saturated rings. The lowest BCUT2D eigenvalue weighted by Gasteiger charge is -2.38. The molecule has 2 heterocycles. The summed E-state index contributed by atoms with van der Waals surface area (Å²) in [5.74, 6) is 1.67. The minimum absolute atomic E-state index is 0.0509. The van der Waals surface area contributed by atoms with E-state index in [2.05, 4.69) is 42.3 Å². The molecule has 118 valence electrons. The minimum atomic E-state index is -0.0509. The Morgan fingerprint density at radius 3 is 2.74 bits per heavy atom. The predicted octanol–water partition coefficient (Wildman–Crippen LogP) is 3.97. The van der Waals surface area contributed by atoms with Crippen LogP contribution in [0.5, 0.6) is 11.5 Å². The molecule has 2 aliphatic rings. The van der Waals surface area contributed by atoms with Gasteiger partial charge in [0.2, 0.25) is 0 Å². The molecule has 0 unspecified atom stereocenters. The largest absolute Gasteiger partial charge is 0.493 e. The zero-order chi connectivity index (χ0) is 15.8. The van der Waals surface area contributed by atoms with Gasteiger partial charge in [0.05, 0.1) is 18.9 Å². The Bertz CT molecular complexity index is 742. The molecular weight excluding hydrogens is 288 g/mol. The van der Waals surface area contributed by atoms with Crippen molar-refractivity contribution in [3.8, 4) is 11.5 Å². The van der Waals surface area contributed by atoms with Gasteiger partial charge in [-0.2, -0.15) is 5.10 Å². The molecule has 23 heavy (non-hydrogen) atoms. The maximum absolute atomic E-state index is 6.20. The highest BCUT2D eigenvalue weighted by Gasteiger charge is 2.40. The van der Waals surface area contributed by atoms with Gasteiger partial charge in [-0.15, -0.1) is 0 Å². The average molecular weight is 308 g/mol.